The third-order valence-electron chi connectivity index (χ3n) is 3.93. The maximum Gasteiger partial charge on any atom is 0.414 e. The van der Waals surface area contributed by atoms with Crippen LogP contribution in [0.25, 0.3) is 0 Å². The molecule has 0 aliphatic carbocycles. The van der Waals surface area contributed by atoms with Crippen LogP contribution in [0.4, 0.5) is 0 Å². The number of hydrogen-bond donors (Lipinski definition) is 2. The number of carboxylic acids is 2. The first kappa shape index (κ1) is 19.1. The van der Waals surface area contributed by atoms with Crippen molar-refractivity contribution in [2.75, 3.05) is 26.2 Å². The Labute approximate surface area is 136 Å². The monoisotopic (exact) mass is 323 g/mol. The number of carboxylic acid groups (broad SMARTS) is 2. The number of aliphatic carboxylic acids is 2. The molecule has 1 aliphatic rings. The minimum atomic E-state index is -1.82. The van der Waals surface area contributed by atoms with Crippen LogP contribution in [0.1, 0.15) is 25.8 Å². The summed E-state index contributed by atoms with van der Waals surface area (Å²) in [5.74, 6) is -3.65. The van der Waals surface area contributed by atoms with Crippen molar-refractivity contribution in [1.29, 1.82) is 0 Å². The Hall–Kier alpha value is -1.99. The molecule has 1 saturated heterocycles. The zero-order valence-electron chi connectivity index (χ0n) is 13.7. The molecule has 128 valence electrons. The number of nitrogens with zero attached hydrogens (tertiary/aromatic N) is 3. The van der Waals surface area contributed by atoms with Crippen molar-refractivity contribution in [1.82, 2.24) is 14.8 Å². The predicted molar refractivity (Wildman–Crippen MR) is 86.1 cm³/mol. The van der Waals surface area contributed by atoms with Crippen molar-refractivity contribution in [2.45, 2.75) is 32.9 Å². The summed E-state index contributed by atoms with van der Waals surface area (Å²) in [6, 6.07) is 4.91. The van der Waals surface area contributed by atoms with Gasteiger partial charge in [-0.3, -0.25) is 14.8 Å². The van der Waals surface area contributed by atoms with E-state index in [1.54, 1.807) is 0 Å². The third-order valence-corrected chi connectivity index (χ3v) is 3.93. The molecule has 0 radical (unpaired) electrons. The van der Waals surface area contributed by atoms with Crippen molar-refractivity contribution in [3.63, 3.8) is 0 Å². The molecule has 0 amide bonds. The second-order valence-corrected chi connectivity index (χ2v) is 5.54. The Morgan fingerprint density at radius 3 is 2.26 bits per heavy atom. The normalized spacial score (nSPS) is 17.0. The topological polar surface area (TPSA) is 94.0 Å². The van der Waals surface area contributed by atoms with E-state index in [0.717, 1.165) is 12.6 Å². The molecule has 1 aliphatic heterocycles. The van der Waals surface area contributed by atoms with Crippen LogP contribution in [-0.2, 0) is 16.1 Å². The van der Waals surface area contributed by atoms with Gasteiger partial charge < -0.3 is 10.2 Å². The number of pyridine rings is 1. The van der Waals surface area contributed by atoms with Crippen LogP contribution in [0, 0.1) is 0 Å². The smallest absolute Gasteiger partial charge is 0.414 e. The van der Waals surface area contributed by atoms with Crippen LogP contribution in [0.5, 0.6) is 0 Å². The summed E-state index contributed by atoms with van der Waals surface area (Å²) >= 11 is 0. The van der Waals surface area contributed by atoms with Gasteiger partial charge in [-0.05, 0) is 25.0 Å². The van der Waals surface area contributed by atoms with Gasteiger partial charge in [-0.15, -0.1) is 0 Å². The van der Waals surface area contributed by atoms with Crippen LogP contribution < -0.4 is 0 Å². The Kier molecular flexibility index (Phi) is 8.21. The highest BCUT2D eigenvalue weighted by Gasteiger charge is 2.19. The molecule has 7 nitrogen and oxygen atoms in total. The van der Waals surface area contributed by atoms with Crippen molar-refractivity contribution >= 4 is 11.9 Å². The van der Waals surface area contributed by atoms with Gasteiger partial charge in [-0.2, -0.15) is 0 Å². The van der Waals surface area contributed by atoms with Gasteiger partial charge in [-0.25, -0.2) is 9.59 Å². The molecule has 23 heavy (non-hydrogen) atoms. The van der Waals surface area contributed by atoms with E-state index in [1.165, 1.54) is 38.2 Å². The molecule has 1 aromatic rings. The van der Waals surface area contributed by atoms with Crippen molar-refractivity contribution < 1.29 is 19.8 Å². The first-order valence-electron chi connectivity index (χ1n) is 7.75. The summed E-state index contributed by atoms with van der Waals surface area (Å²) in [4.78, 5) is 27.5. The third kappa shape index (κ3) is 7.21. The Bertz CT molecular complexity index is 475. The van der Waals surface area contributed by atoms with Gasteiger partial charge >= 0.3 is 11.9 Å². The van der Waals surface area contributed by atoms with Gasteiger partial charge in [0, 0.05) is 51.2 Å². The van der Waals surface area contributed by atoms with Gasteiger partial charge in [0.25, 0.3) is 0 Å². The van der Waals surface area contributed by atoms with E-state index in [9.17, 15) is 0 Å². The Morgan fingerprint density at radius 2 is 1.83 bits per heavy atom. The fourth-order valence-corrected chi connectivity index (χ4v) is 2.37. The van der Waals surface area contributed by atoms with E-state index in [4.69, 9.17) is 19.8 Å². The summed E-state index contributed by atoms with van der Waals surface area (Å²) < 4.78 is 0. The van der Waals surface area contributed by atoms with Gasteiger partial charge in [0.15, 0.2) is 0 Å². The second kappa shape index (κ2) is 9.91. The van der Waals surface area contributed by atoms with Gasteiger partial charge in [0.05, 0.1) is 0 Å². The maximum absolute atomic E-state index is 9.10. The molecule has 1 aromatic heterocycles. The largest absolute Gasteiger partial charge is 0.473 e. The van der Waals surface area contributed by atoms with Gasteiger partial charge in [0.1, 0.15) is 0 Å². The van der Waals surface area contributed by atoms with Crippen molar-refractivity contribution in [3.8, 4) is 0 Å². The average Bonchev–Trinajstić information content (AvgIpc) is 2.56. The fourth-order valence-electron chi connectivity index (χ4n) is 2.37. The minimum Gasteiger partial charge on any atom is -0.473 e. The zero-order valence-corrected chi connectivity index (χ0v) is 13.7. The summed E-state index contributed by atoms with van der Waals surface area (Å²) in [7, 11) is 0. The van der Waals surface area contributed by atoms with E-state index in [0.29, 0.717) is 0 Å². The van der Waals surface area contributed by atoms with E-state index in [2.05, 4.69) is 34.7 Å². The molecule has 7 heteroatoms. The number of carbonyl (C=O) groups is 2. The summed E-state index contributed by atoms with van der Waals surface area (Å²) in [6.07, 6.45) is 5.06. The summed E-state index contributed by atoms with van der Waals surface area (Å²) in [5, 5.41) is 14.8. The average molecular weight is 323 g/mol. The highest BCUT2D eigenvalue weighted by Crippen LogP contribution is 2.11. The Morgan fingerprint density at radius 1 is 1.22 bits per heavy atom. The summed E-state index contributed by atoms with van der Waals surface area (Å²) in [6.45, 7) is 10.4. The molecule has 2 heterocycles. The molecule has 0 bridgehead atoms. The molecular weight excluding hydrogens is 298 g/mol. The standard InChI is InChI=1S/C14H23N3.C2H2O4/c1-3-13(2)17-9-7-16(8-10-17)12-14-5-4-6-15-11-14;3-1(4)2(5)6/h4-6,11,13H,3,7-10,12H2,1-2H3;(H,3,4)(H,5,6). The highest BCUT2D eigenvalue weighted by molar-refractivity contribution is 6.27. The molecule has 0 saturated carbocycles. The number of aromatic nitrogens is 1. The lowest BCUT2D eigenvalue weighted by atomic mass is 10.2. The van der Waals surface area contributed by atoms with Crippen LogP contribution in [0.15, 0.2) is 24.5 Å². The maximum atomic E-state index is 9.10. The molecule has 2 N–H and O–H groups in total. The van der Waals surface area contributed by atoms with Gasteiger partial charge in [-0.1, -0.05) is 13.0 Å². The molecule has 0 aromatic carbocycles. The van der Waals surface area contributed by atoms with E-state index >= 15 is 0 Å². The van der Waals surface area contributed by atoms with Crippen LogP contribution in [-0.4, -0.2) is 69.2 Å². The van der Waals surface area contributed by atoms with Crippen molar-refractivity contribution in [2.24, 2.45) is 0 Å². The fraction of sp³-hybridized carbons (Fsp3) is 0.562. The van der Waals surface area contributed by atoms with Crippen LogP contribution >= 0.6 is 0 Å². The van der Waals surface area contributed by atoms with E-state index in [1.807, 2.05) is 18.5 Å². The number of rotatable bonds is 4. The quantitative estimate of drug-likeness (QED) is 0.803. The molecule has 0 spiro atoms. The van der Waals surface area contributed by atoms with E-state index < -0.39 is 11.9 Å². The first-order valence-corrected chi connectivity index (χ1v) is 7.75. The summed E-state index contributed by atoms with van der Waals surface area (Å²) in [5.41, 5.74) is 1.32. The highest BCUT2D eigenvalue weighted by atomic mass is 16.4. The molecular formula is C16H25N3O4. The molecule has 1 atom stereocenters. The van der Waals surface area contributed by atoms with E-state index in [-0.39, 0.29) is 0 Å². The predicted octanol–water partition coefficient (Wildman–Crippen LogP) is 1.15. The minimum absolute atomic E-state index is 0.732. The SMILES string of the molecule is CCC(C)N1CCN(Cc2cccnc2)CC1.O=C(O)C(=O)O. The Balaban J connectivity index is 0.000000379. The molecule has 1 fully saturated rings. The second-order valence-electron chi connectivity index (χ2n) is 5.54. The number of hydrogen-bond acceptors (Lipinski definition) is 5. The lowest BCUT2D eigenvalue weighted by Crippen LogP contribution is -2.48. The zero-order chi connectivity index (χ0) is 17.2. The lowest BCUT2D eigenvalue weighted by Gasteiger charge is -2.37. The van der Waals surface area contributed by atoms with Gasteiger partial charge in [0.2, 0.25) is 0 Å². The van der Waals surface area contributed by atoms with Crippen LogP contribution in [0.3, 0.4) is 0 Å². The van der Waals surface area contributed by atoms with Crippen molar-refractivity contribution in [3.05, 3.63) is 30.1 Å². The molecule has 1 unspecified atom stereocenters. The number of piperazine rings is 1. The molecule has 2 rings (SSSR count). The van der Waals surface area contributed by atoms with Crippen LogP contribution in [0.2, 0.25) is 0 Å². The first-order chi connectivity index (χ1) is 10.9. The lowest BCUT2D eigenvalue weighted by molar-refractivity contribution is -0.159.